The first-order valence-corrected chi connectivity index (χ1v) is 7.37. The van der Waals surface area contributed by atoms with E-state index in [4.69, 9.17) is 0 Å². The molecule has 2 rings (SSSR count). The summed E-state index contributed by atoms with van der Waals surface area (Å²) in [4.78, 5) is 16.4. The summed E-state index contributed by atoms with van der Waals surface area (Å²) in [6.07, 6.45) is 0.597. The molecule has 6 heteroatoms. The van der Waals surface area contributed by atoms with Gasteiger partial charge in [-0.15, -0.1) is 24.8 Å². The smallest absolute Gasteiger partial charge is 0.223 e. The van der Waals surface area contributed by atoms with Gasteiger partial charge in [-0.05, 0) is 38.1 Å². The number of anilines is 1. The number of carbonyl (C=O) groups excluding carboxylic acids is 1. The summed E-state index contributed by atoms with van der Waals surface area (Å²) in [5, 5.41) is 3.03. The zero-order chi connectivity index (χ0) is 14.5. The molecule has 1 amide bonds. The maximum absolute atomic E-state index is 12.0. The van der Waals surface area contributed by atoms with E-state index in [1.807, 2.05) is 11.9 Å². The zero-order valence-corrected chi connectivity index (χ0v) is 15.2. The van der Waals surface area contributed by atoms with Crippen LogP contribution in [0.25, 0.3) is 0 Å². The van der Waals surface area contributed by atoms with Gasteiger partial charge >= 0.3 is 0 Å². The van der Waals surface area contributed by atoms with Crippen LogP contribution in [0.2, 0.25) is 0 Å². The SMILES string of the molecule is CNCCC(=O)N1CCN(c2cccc(C)c2C)CC1.Cl.Cl. The Morgan fingerprint density at radius 2 is 1.77 bits per heavy atom. The fourth-order valence-corrected chi connectivity index (χ4v) is 2.66. The van der Waals surface area contributed by atoms with Gasteiger partial charge in [-0.3, -0.25) is 4.79 Å². The quantitative estimate of drug-likeness (QED) is 0.908. The van der Waals surface area contributed by atoms with Gasteiger partial charge in [0.25, 0.3) is 0 Å². The van der Waals surface area contributed by atoms with Crippen molar-refractivity contribution >= 4 is 36.4 Å². The normalized spacial score (nSPS) is 14.1. The number of benzene rings is 1. The first kappa shape index (κ1) is 21.0. The number of nitrogens with zero attached hydrogens (tertiary/aromatic N) is 2. The highest BCUT2D eigenvalue weighted by atomic mass is 35.5. The van der Waals surface area contributed by atoms with E-state index in [1.54, 1.807) is 0 Å². The predicted molar refractivity (Wildman–Crippen MR) is 97.7 cm³/mol. The fourth-order valence-electron chi connectivity index (χ4n) is 2.66. The van der Waals surface area contributed by atoms with Crippen LogP contribution in [0.1, 0.15) is 17.5 Å². The Morgan fingerprint density at radius 1 is 1.14 bits per heavy atom. The van der Waals surface area contributed by atoms with Gasteiger partial charge < -0.3 is 15.1 Å². The van der Waals surface area contributed by atoms with Gasteiger partial charge in [0.15, 0.2) is 0 Å². The van der Waals surface area contributed by atoms with E-state index >= 15 is 0 Å². The van der Waals surface area contributed by atoms with E-state index in [1.165, 1.54) is 16.8 Å². The molecule has 1 fully saturated rings. The topological polar surface area (TPSA) is 35.6 Å². The Balaban J connectivity index is 0.00000220. The fraction of sp³-hybridized carbons (Fsp3) is 0.562. The Hall–Kier alpha value is -0.970. The van der Waals surface area contributed by atoms with Crippen molar-refractivity contribution in [3.8, 4) is 0 Å². The van der Waals surface area contributed by atoms with E-state index in [2.05, 4.69) is 42.3 Å². The lowest BCUT2D eigenvalue weighted by molar-refractivity contribution is -0.131. The summed E-state index contributed by atoms with van der Waals surface area (Å²) in [7, 11) is 1.88. The standard InChI is InChI=1S/C16H25N3O.2ClH/c1-13-5-4-6-15(14(13)2)18-9-11-19(12-10-18)16(20)7-8-17-3;;/h4-6,17H,7-12H2,1-3H3;2*1H. The van der Waals surface area contributed by atoms with Gasteiger partial charge in [0.2, 0.25) is 5.91 Å². The summed E-state index contributed by atoms with van der Waals surface area (Å²) in [5.41, 5.74) is 3.99. The number of piperazine rings is 1. The lowest BCUT2D eigenvalue weighted by Gasteiger charge is -2.37. The van der Waals surface area contributed by atoms with Gasteiger partial charge in [-0.2, -0.15) is 0 Å². The molecule has 1 aliphatic heterocycles. The molecule has 1 saturated heterocycles. The van der Waals surface area contributed by atoms with Crippen molar-refractivity contribution in [1.82, 2.24) is 10.2 Å². The number of rotatable bonds is 4. The first-order chi connectivity index (χ1) is 9.63. The van der Waals surface area contributed by atoms with E-state index in [0.29, 0.717) is 6.42 Å². The third-order valence-electron chi connectivity index (χ3n) is 4.14. The van der Waals surface area contributed by atoms with E-state index in [0.717, 1.165) is 32.7 Å². The van der Waals surface area contributed by atoms with Crippen LogP contribution >= 0.6 is 24.8 Å². The lowest BCUT2D eigenvalue weighted by atomic mass is 10.1. The molecule has 0 atom stereocenters. The molecule has 22 heavy (non-hydrogen) atoms. The van der Waals surface area contributed by atoms with Crippen LogP contribution in [0.3, 0.4) is 0 Å². The van der Waals surface area contributed by atoms with Gasteiger partial charge in [0, 0.05) is 44.8 Å². The number of hydrogen-bond acceptors (Lipinski definition) is 3. The van der Waals surface area contributed by atoms with Crippen molar-refractivity contribution in [2.24, 2.45) is 0 Å². The van der Waals surface area contributed by atoms with Gasteiger partial charge in [-0.1, -0.05) is 12.1 Å². The highest BCUT2D eigenvalue weighted by Crippen LogP contribution is 2.23. The monoisotopic (exact) mass is 347 g/mol. The van der Waals surface area contributed by atoms with Crippen LogP contribution in [0, 0.1) is 13.8 Å². The number of carbonyl (C=O) groups is 1. The highest BCUT2D eigenvalue weighted by Gasteiger charge is 2.21. The van der Waals surface area contributed by atoms with Crippen LogP contribution in [0.5, 0.6) is 0 Å². The molecule has 1 aromatic carbocycles. The molecule has 0 saturated carbocycles. The van der Waals surface area contributed by atoms with Gasteiger partial charge in [0.1, 0.15) is 0 Å². The minimum absolute atomic E-state index is 0. The van der Waals surface area contributed by atoms with E-state index in [-0.39, 0.29) is 30.7 Å². The lowest BCUT2D eigenvalue weighted by Crippen LogP contribution is -2.49. The van der Waals surface area contributed by atoms with Gasteiger partial charge in [0.05, 0.1) is 0 Å². The minimum Gasteiger partial charge on any atom is -0.368 e. The van der Waals surface area contributed by atoms with E-state index in [9.17, 15) is 4.79 Å². The average molecular weight is 348 g/mol. The first-order valence-electron chi connectivity index (χ1n) is 7.37. The van der Waals surface area contributed by atoms with Crippen molar-refractivity contribution in [2.75, 3.05) is 44.7 Å². The summed E-state index contributed by atoms with van der Waals surface area (Å²) in [6, 6.07) is 6.44. The van der Waals surface area contributed by atoms with Crippen LogP contribution in [-0.4, -0.2) is 50.6 Å². The van der Waals surface area contributed by atoms with Gasteiger partial charge in [-0.25, -0.2) is 0 Å². The summed E-state index contributed by atoms with van der Waals surface area (Å²) in [6.45, 7) is 8.60. The number of hydrogen-bond donors (Lipinski definition) is 1. The molecule has 0 spiro atoms. The molecule has 0 aromatic heterocycles. The largest absolute Gasteiger partial charge is 0.368 e. The summed E-state index contributed by atoms with van der Waals surface area (Å²) < 4.78 is 0. The predicted octanol–water partition coefficient (Wildman–Crippen LogP) is 2.41. The third kappa shape index (κ3) is 5.04. The van der Waals surface area contributed by atoms with E-state index < -0.39 is 0 Å². The number of amides is 1. The molecule has 4 nitrogen and oxygen atoms in total. The second-order valence-corrected chi connectivity index (χ2v) is 5.44. The van der Waals surface area contributed by atoms with Crippen LogP contribution in [0.15, 0.2) is 18.2 Å². The van der Waals surface area contributed by atoms with Crippen LogP contribution in [-0.2, 0) is 4.79 Å². The van der Waals surface area contributed by atoms with Crippen molar-refractivity contribution in [3.05, 3.63) is 29.3 Å². The van der Waals surface area contributed by atoms with Crippen molar-refractivity contribution in [1.29, 1.82) is 0 Å². The molecule has 1 aromatic rings. The Morgan fingerprint density at radius 3 is 2.36 bits per heavy atom. The zero-order valence-electron chi connectivity index (χ0n) is 13.6. The average Bonchev–Trinajstić information content (AvgIpc) is 2.48. The molecular formula is C16H27Cl2N3O. The number of halogens is 2. The van der Waals surface area contributed by atoms with Crippen molar-refractivity contribution < 1.29 is 4.79 Å². The summed E-state index contributed by atoms with van der Waals surface area (Å²) in [5.74, 6) is 0.264. The molecule has 0 aliphatic carbocycles. The van der Waals surface area contributed by atoms with Crippen LogP contribution in [0.4, 0.5) is 5.69 Å². The summed E-state index contributed by atoms with van der Waals surface area (Å²) >= 11 is 0. The molecule has 1 aliphatic rings. The molecular weight excluding hydrogens is 321 g/mol. The maximum atomic E-state index is 12.0. The minimum atomic E-state index is 0. The molecule has 0 radical (unpaired) electrons. The molecule has 1 heterocycles. The van der Waals surface area contributed by atoms with Crippen molar-refractivity contribution in [2.45, 2.75) is 20.3 Å². The highest BCUT2D eigenvalue weighted by molar-refractivity contribution is 5.85. The van der Waals surface area contributed by atoms with Crippen LogP contribution < -0.4 is 10.2 Å². The second-order valence-electron chi connectivity index (χ2n) is 5.44. The molecule has 0 unspecified atom stereocenters. The molecule has 126 valence electrons. The maximum Gasteiger partial charge on any atom is 0.223 e. The number of aryl methyl sites for hydroxylation is 1. The molecule has 1 N–H and O–H groups in total. The Bertz CT molecular complexity index is 474. The Labute approximate surface area is 146 Å². The third-order valence-corrected chi connectivity index (χ3v) is 4.14. The Kier molecular flexibility index (Phi) is 9.49. The number of nitrogens with one attached hydrogen (secondary N) is 1. The second kappa shape index (κ2) is 9.93. The molecule has 0 bridgehead atoms. The van der Waals surface area contributed by atoms with Crippen molar-refractivity contribution in [3.63, 3.8) is 0 Å².